The molecule has 0 bridgehead atoms. The third-order valence-corrected chi connectivity index (χ3v) is 4.95. The highest BCUT2D eigenvalue weighted by Gasteiger charge is 2.28. The first kappa shape index (κ1) is 15.6. The number of amides is 1. The van der Waals surface area contributed by atoms with Crippen molar-refractivity contribution in [1.29, 1.82) is 0 Å². The highest BCUT2D eigenvalue weighted by molar-refractivity contribution is 7.85. The van der Waals surface area contributed by atoms with Crippen LogP contribution in [0.2, 0.25) is 0 Å². The molecular weight excluding hydrogens is 250 g/mol. The van der Waals surface area contributed by atoms with Crippen LogP contribution in [0.15, 0.2) is 0 Å². The van der Waals surface area contributed by atoms with Gasteiger partial charge in [-0.05, 0) is 18.8 Å². The van der Waals surface area contributed by atoms with E-state index >= 15 is 0 Å². The first-order chi connectivity index (χ1) is 8.56. The van der Waals surface area contributed by atoms with Gasteiger partial charge in [0, 0.05) is 36.8 Å². The fourth-order valence-corrected chi connectivity index (χ4v) is 3.52. The van der Waals surface area contributed by atoms with Crippen LogP contribution in [0.25, 0.3) is 0 Å². The van der Waals surface area contributed by atoms with Crippen molar-refractivity contribution in [3.05, 3.63) is 0 Å². The maximum Gasteiger partial charge on any atom is 0.235 e. The largest absolute Gasteiger partial charge is 0.384 e. The molecule has 0 saturated heterocycles. The number of methoxy groups -OCH3 is 1. The summed E-state index contributed by atoms with van der Waals surface area (Å²) in [5.74, 6) is 1.13. The van der Waals surface area contributed by atoms with Crippen molar-refractivity contribution in [3.63, 3.8) is 0 Å². The summed E-state index contributed by atoms with van der Waals surface area (Å²) >= 11 is 0. The standard InChI is InChI=1S/C13H25NO3S/c1-11-6-4-5-7-12(11)14(2)13(15)10-18(16)9-8-17-3/h11-12H,4-10H2,1-3H3/t11-,12-,18+/m0/s1. The molecule has 0 aromatic rings. The predicted molar refractivity (Wildman–Crippen MR) is 73.9 cm³/mol. The molecule has 0 aromatic carbocycles. The van der Waals surface area contributed by atoms with E-state index in [4.69, 9.17) is 4.74 Å². The molecule has 106 valence electrons. The second-order valence-corrected chi connectivity index (χ2v) is 6.69. The summed E-state index contributed by atoms with van der Waals surface area (Å²) in [6.07, 6.45) is 4.72. The predicted octanol–water partition coefficient (Wildman–Crippen LogP) is 1.42. The van der Waals surface area contributed by atoms with E-state index < -0.39 is 10.8 Å². The number of carbonyl (C=O) groups is 1. The Morgan fingerprint density at radius 3 is 2.67 bits per heavy atom. The van der Waals surface area contributed by atoms with Crippen molar-refractivity contribution in [1.82, 2.24) is 4.90 Å². The molecule has 0 unspecified atom stereocenters. The molecule has 0 aliphatic heterocycles. The summed E-state index contributed by atoms with van der Waals surface area (Å²) in [4.78, 5) is 13.9. The average molecular weight is 275 g/mol. The van der Waals surface area contributed by atoms with Crippen LogP contribution in [0.1, 0.15) is 32.6 Å². The maximum atomic E-state index is 12.1. The minimum atomic E-state index is -1.10. The molecule has 1 aliphatic carbocycles. The normalized spacial score (nSPS) is 25.7. The molecule has 1 rings (SSSR count). The quantitative estimate of drug-likeness (QED) is 0.736. The summed E-state index contributed by atoms with van der Waals surface area (Å²) in [7, 11) is 2.33. The summed E-state index contributed by atoms with van der Waals surface area (Å²) in [6.45, 7) is 2.65. The van der Waals surface area contributed by atoms with E-state index in [0.717, 1.165) is 6.42 Å². The minimum absolute atomic E-state index is 0.00295. The SMILES string of the molecule is COCC[S@@](=O)CC(=O)N(C)[C@H]1CCCC[C@@H]1C. The zero-order valence-corrected chi connectivity index (χ0v) is 12.5. The van der Waals surface area contributed by atoms with Crippen LogP contribution in [-0.4, -0.2) is 53.3 Å². The highest BCUT2D eigenvalue weighted by atomic mass is 32.2. The Morgan fingerprint density at radius 1 is 1.39 bits per heavy atom. The smallest absolute Gasteiger partial charge is 0.235 e. The number of hydrogen-bond donors (Lipinski definition) is 0. The van der Waals surface area contributed by atoms with E-state index in [1.807, 2.05) is 11.9 Å². The summed E-state index contributed by atoms with van der Waals surface area (Å²) < 4.78 is 16.5. The lowest BCUT2D eigenvalue weighted by atomic mass is 9.85. The van der Waals surface area contributed by atoms with Gasteiger partial charge in [-0.1, -0.05) is 19.8 Å². The number of ether oxygens (including phenoxy) is 1. The van der Waals surface area contributed by atoms with E-state index in [-0.39, 0.29) is 11.7 Å². The fraction of sp³-hybridized carbons (Fsp3) is 0.923. The van der Waals surface area contributed by atoms with Gasteiger partial charge in [0.05, 0.1) is 6.61 Å². The van der Waals surface area contributed by atoms with E-state index in [2.05, 4.69) is 6.92 Å². The topological polar surface area (TPSA) is 46.6 Å². The van der Waals surface area contributed by atoms with Gasteiger partial charge in [0.1, 0.15) is 5.75 Å². The Hall–Kier alpha value is -0.420. The lowest BCUT2D eigenvalue weighted by molar-refractivity contribution is -0.130. The fourth-order valence-electron chi connectivity index (χ4n) is 2.54. The van der Waals surface area contributed by atoms with Crippen LogP contribution >= 0.6 is 0 Å². The van der Waals surface area contributed by atoms with Crippen LogP contribution in [-0.2, 0) is 20.3 Å². The maximum absolute atomic E-state index is 12.1. The van der Waals surface area contributed by atoms with Gasteiger partial charge in [0.2, 0.25) is 5.91 Å². The van der Waals surface area contributed by atoms with Gasteiger partial charge >= 0.3 is 0 Å². The molecular formula is C13H25NO3S. The van der Waals surface area contributed by atoms with E-state index in [9.17, 15) is 9.00 Å². The Balaban J connectivity index is 2.42. The Bertz CT molecular complexity index is 296. The van der Waals surface area contributed by atoms with Crippen molar-refractivity contribution < 1.29 is 13.7 Å². The molecule has 1 aliphatic rings. The lowest BCUT2D eigenvalue weighted by Crippen LogP contribution is -2.44. The van der Waals surface area contributed by atoms with Crippen LogP contribution in [0.3, 0.4) is 0 Å². The zero-order chi connectivity index (χ0) is 13.5. The van der Waals surface area contributed by atoms with Crippen molar-refractivity contribution in [3.8, 4) is 0 Å². The van der Waals surface area contributed by atoms with E-state index in [1.165, 1.54) is 19.3 Å². The molecule has 0 heterocycles. The first-order valence-electron chi connectivity index (χ1n) is 6.65. The second-order valence-electron chi connectivity index (χ2n) is 5.11. The molecule has 1 fully saturated rings. The van der Waals surface area contributed by atoms with Crippen molar-refractivity contribution in [2.75, 3.05) is 32.3 Å². The Labute approximate surface area is 113 Å². The third-order valence-electron chi connectivity index (χ3n) is 3.76. The third kappa shape index (κ3) is 4.69. The Morgan fingerprint density at radius 2 is 2.06 bits per heavy atom. The van der Waals surface area contributed by atoms with E-state index in [1.54, 1.807) is 7.11 Å². The molecule has 0 radical (unpaired) electrons. The van der Waals surface area contributed by atoms with Gasteiger partial charge < -0.3 is 9.64 Å². The molecule has 1 saturated carbocycles. The second kappa shape index (κ2) is 7.89. The van der Waals surface area contributed by atoms with Gasteiger partial charge in [0.25, 0.3) is 0 Å². The molecule has 0 spiro atoms. The molecule has 0 N–H and O–H groups in total. The van der Waals surface area contributed by atoms with Gasteiger partial charge in [-0.2, -0.15) is 0 Å². The minimum Gasteiger partial charge on any atom is -0.384 e. The molecule has 3 atom stereocenters. The monoisotopic (exact) mass is 275 g/mol. The van der Waals surface area contributed by atoms with Crippen molar-refractivity contribution in [2.24, 2.45) is 5.92 Å². The van der Waals surface area contributed by atoms with Crippen molar-refractivity contribution in [2.45, 2.75) is 38.6 Å². The highest BCUT2D eigenvalue weighted by Crippen LogP contribution is 2.27. The van der Waals surface area contributed by atoms with Crippen LogP contribution in [0, 0.1) is 5.92 Å². The molecule has 18 heavy (non-hydrogen) atoms. The van der Waals surface area contributed by atoms with Crippen molar-refractivity contribution >= 4 is 16.7 Å². The molecule has 1 amide bonds. The summed E-state index contributed by atoms with van der Waals surface area (Å²) in [5, 5.41) is 0. The molecule has 5 heteroatoms. The summed E-state index contributed by atoms with van der Waals surface area (Å²) in [6, 6.07) is 0.325. The number of nitrogens with zero attached hydrogens (tertiary/aromatic N) is 1. The van der Waals surface area contributed by atoms with Crippen LogP contribution in [0.4, 0.5) is 0 Å². The molecule has 4 nitrogen and oxygen atoms in total. The average Bonchev–Trinajstić information content (AvgIpc) is 2.36. The zero-order valence-electron chi connectivity index (χ0n) is 11.7. The van der Waals surface area contributed by atoms with Crippen LogP contribution in [0.5, 0.6) is 0 Å². The van der Waals surface area contributed by atoms with Crippen LogP contribution < -0.4 is 0 Å². The first-order valence-corrected chi connectivity index (χ1v) is 8.14. The van der Waals surface area contributed by atoms with Gasteiger partial charge in [-0.25, -0.2) is 0 Å². The van der Waals surface area contributed by atoms with E-state index in [0.29, 0.717) is 24.3 Å². The van der Waals surface area contributed by atoms with Gasteiger partial charge in [0.15, 0.2) is 0 Å². The summed E-state index contributed by atoms with van der Waals surface area (Å²) in [5.41, 5.74) is 0. The lowest BCUT2D eigenvalue weighted by Gasteiger charge is -2.36. The van der Waals surface area contributed by atoms with Gasteiger partial charge in [-0.15, -0.1) is 0 Å². The van der Waals surface area contributed by atoms with Gasteiger partial charge in [-0.3, -0.25) is 9.00 Å². The number of carbonyl (C=O) groups excluding carboxylic acids is 1. The number of hydrogen-bond acceptors (Lipinski definition) is 3. The molecule has 0 aromatic heterocycles. The Kier molecular flexibility index (Phi) is 6.86. The number of rotatable bonds is 6.